The molecule has 1 aliphatic rings. The number of fused-ring (bicyclic) bond motifs is 6. The predicted octanol–water partition coefficient (Wildman–Crippen LogP) is 5.63. The van der Waals surface area contributed by atoms with Crippen LogP contribution in [0.4, 0.5) is 28.8 Å². The largest absolute Gasteiger partial charge is 0.340 e. The number of carbonyl (C=O) groups excluding carboxylic acids is 1. The molecule has 8 heteroatoms. The molecule has 5 rings (SSSR count). The minimum atomic E-state index is -0.0595. The van der Waals surface area contributed by atoms with Crippen molar-refractivity contribution in [3.63, 3.8) is 0 Å². The molecule has 0 saturated heterocycles. The lowest BCUT2D eigenvalue weighted by atomic mass is 10.0. The predicted molar refractivity (Wildman–Crippen MR) is 138 cm³/mol. The highest BCUT2D eigenvalue weighted by molar-refractivity contribution is 7.11. The fourth-order valence-corrected chi connectivity index (χ4v) is 4.90. The molecule has 0 unspecified atom stereocenters. The number of rotatable bonds is 3. The fraction of sp³-hybridized carbons (Fsp3) is 0.231. The Morgan fingerprint density at radius 3 is 2.71 bits per heavy atom. The van der Waals surface area contributed by atoms with Gasteiger partial charge in [0.05, 0.1) is 17.1 Å². The van der Waals surface area contributed by atoms with Gasteiger partial charge in [0.2, 0.25) is 11.9 Å². The van der Waals surface area contributed by atoms with Gasteiger partial charge in [0.1, 0.15) is 5.82 Å². The van der Waals surface area contributed by atoms with E-state index >= 15 is 0 Å². The molecular weight excluding hydrogens is 444 g/mol. The van der Waals surface area contributed by atoms with Gasteiger partial charge < -0.3 is 16.0 Å². The van der Waals surface area contributed by atoms with Crippen LogP contribution in [0.2, 0.25) is 0 Å². The van der Waals surface area contributed by atoms with Gasteiger partial charge in [-0.1, -0.05) is 12.1 Å². The smallest absolute Gasteiger partial charge is 0.230 e. The number of hydrogen-bond donors (Lipinski definition) is 3. The summed E-state index contributed by atoms with van der Waals surface area (Å²) in [4.78, 5) is 27.5. The normalized spacial score (nSPS) is 12.4. The van der Waals surface area contributed by atoms with Crippen molar-refractivity contribution in [1.82, 2.24) is 15.0 Å². The lowest BCUT2D eigenvalue weighted by molar-refractivity contribution is -0.115. The van der Waals surface area contributed by atoms with Crippen LogP contribution >= 0.6 is 11.3 Å². The zero-order chi connectivity index (χ0) is 23.7. The monoisotopic (exact) mass is 470 g/mol. The van der Waals surface area contributed by atoms with E-state index in [1.807, 2.05) is 45.0 Å². The second kappa shape index (κ2) is 9.23. The van der Waals surface area contributed by atoms with Gasteiger partial charge >= 0.3 is 0 Å². The highest BCUT2D eigenvalue weighted by Gasteiger charge is 2.14. The Kier molecular flexibility index (Phi) is 5.98. The van der Waals surface area contributed by atoms with Gasteiger partial charge in [-0.05, 0) is 75.1 Å². The molecule has 1 amide bonds. The van der Waals surface area contributed by atoms with Crippen LogP contribution in [0.3, 0.4) is 0 Å². The van der Waals surface area contributed by atoms with Crippen LogP contribution in [-0.4, -0.2) is 20.9 Å². The molecule has 3 heterocycles. The molecule has 0 spiro atoms. The molecule has 7 nitrogen and oxygen atoms in total. The van der Waals surface area contributed by atoms with Gasteiger partial charge in [0.15, 0.2) is 0 Å². The van der Waals surface area contributed by atoms with Crippen LogP contribution in [0.5, 0.6) is 0 Å². The molecule has 172 valence electrons. The Hall–Kier alpha value is -3.78. The molecule has 2 aromatic carbocycles. The quantitative estimate of drug-likeness (QED) is 0.360. The third-order valence-corrected chi connectivity index (χ3v) is 6.74. The second-order valence-corrected chi connectivity index (χ2v) is 9.92. The van der Waals surface area contributed by atoms with Gasteiger partial charge in [0, 0.05) is 33.7 Å². The minimum absolute atomic E-state index is 0.0595. The van der Waals surface area contributed by atoms with E-state index in [-0.39, 0.29) is 12.3 Å². The minimum Gasteiger partial charge on any atom is -0.340 e. The number of aryl methyl sites for hydroxylation is 5. The molecule has 0 radical (unpaired) electrons. The van der Waals surface area contributed by atoms with Crippen LogP contribution in [0.25, 0.3) is 0 Å². The van der Waals surface area contributed by atoms with Crippen molar-refractivity contribution in [3.8, 4) is 0 Å². The van der Waals surface area contributed by atoms with Crippen molar-refractivity contribution in [1.29, 1.82) is 0 Å². The van der Waals surface area contributed by atoms with Gasteiger partial charge in [0.25, 0.3) is 0 Å². The topological polar surface area (TPSA) is 91.8 Å². The van der Waals surface area contributed by atoms with E-state index in [1.165, 1.54) is 5.56 Å². The van der Waals surface area contributed by atoms with Crippen molar-refractivity contribution >= 4 is 46.1 Å². The average molecular weight is 471 g/mol. The van der Waals surface area contributed by atoms with E-state index in [2.05, 4.69) is 49.1 Å². The maximum absolute atomic E-state index is 12.9. The standard InChI is InChI=1S/C26H26N6OS/c1-15-14-27-26-30-20-6-4-5-18(11-20)7-8-19-12-21(29-25(15)32-26)9-10-22(19)31-24(33)13-23-16(2)34-17(3)28-23/h4-6,9-12,14H,7-8,13H2,1-3H3,(H,31,33)(H2,27,29,30,32). The number of benzene rings is 2. The van der Waals surface area contributed by atoms with Crippen molar-refractivity contribution in [2.24, 2.45) is 0 Å². The lowest BCUT2D eigenvalue weighted by Crippen LogP contribution is -2.16. The number of nitrogens with one attached hydrogen (secondary N) is 3. The highest BCUT2D eigenvalue weighted by Crippen LogP contribution is 2.28. The molecule has 0 aliphatic carbocycles. The molecule has 34 heavy (non-hydrogen) atoms. The number of amides is 1. The van der Waals surface area contributed by atoms with Crippen LogP contribution in [0.1, 0.15) is 32.3 Å². The molecular formula is C26H26N6OS. The zero-order valence-corrected chi connectivity index (χ0v) is 20.2. The van der Waals surface area contributed by atoms with E-state index in [1.54, 1.807) is 17.5 Å². The molecule has 1 aliphatic heterocycles. The summed E-state index contributed by atoms with van der Waals surface area (Å²) in [5.41, 5.74) is 6.73. The Morgan fingerprint density at radius 1 is 1.03 bits per heavy atom. The summed E-state index contributed by atoms with van der Waals surface area (Å²) >= 11 is 1.62. The zero-order valence-electron chi connectivity index (χ0n) is 19.4. The summed E-state index contributed by atoms with van der Waals surface area (Å²) in [6.45, 7) is 5.95. The molecule has 0 fully saturated rings. The van der Waals surface area contributed by atoms with Gasteiger partial charge in [-0.2, -0.15) is 4.98 Å². The summed E-state index contributed by atoms with van der Waals surface area (Å²) in [5, 5.41) is 10.8. The highest BCUT2D eigenvalue weighted by atomic mass is 32.1. The molecule has 2 aromatic heterocycles. The number of nitrogens with zero attached hydrogens (tertiary/aromatic N) is 3. The third-order valence-electron chi connectivity index (χ3n) is 5.81. The summed E-state index contributed by atoms with van der Waals surface area (Å²) in [6, 6.07) is 14.3. The van der Waals surface area contributed by atoms with Gasteiger partial charge in [-0.25, -0.2) is 9.97 Å². The van der Waals surface area contributed by atoms with Gasteiger partial charge in [-0.3, -0.25) is 4.79 Å². The third kappa shape index (κ3) is 4.92. The number of thiazole rings is 1. The maximum atomic E-state index is 12.9. The van der Waals surface area contributed by atoms with Crippen molar-refractivity contribution in [3.05, 3.63) is 80.9 Å². The van der Waals surface area contributed by atoms with E-state index < -0.39 is 0 Å². The summed E-state index contributed by atoms with van der Waals surface area (Å²) in [5.74, 6) is 1.22. The van der Waals surface area contributed by atoms with Crippen molar-refractivity contribution in [2.45, 2.75) is 40.0 Å². The van der Waals surface area contributed by atoms with Crippen molar-refractivity contribution in [2.75, 3.05) is 16.0 Å². The summed E-state index contributed by atoms with van der Waals surface area (Å²) in [6.07, 6.45) is 3.69. The van der Waals surface area contributed by atoms with E-state index in [0.29, 0.717) is 5.95 Å². The Labute approximate surface area is 202 Å². The van der Waals surface area contributed by atoms with Gasteiger partial charge in [-0.15, -0.1) is 11.3 Å². The lowest BCUT2D eigenvalue weighted by Gasteiger charge is -2.15. The first kappa shape index (κ1) is 22.0. The van der Waals surface area contributed by atoms with Crippen LogP contribution in [0.15, 0.2) is 48.7 Å². The molecule has 3 N–H and O–H groups in total. The fourth-order valence-electron chi connectivity index (χ4n) is 4.06. The SMILES string of the molecule is Cc1nc(CC(=O)Nc2ccc3cc2CCc2cccc(c2)Nc2ncc(C)c(n2)N3)c(C)s1. The molecule has 6 bridgehead atoms. The van der Waals surface area contributed by atoms with E-state index in [0.717, 1.165) is 62.4 Å². The second-order valence-electron chi connectivity index (χ2n) is 8.51. The Balaban J connectivity index is 1.47. The van der Waals surface area contributed by atoms with Crippen LogP contribution < -0.4 is 16.0 Å². The van der Waals surface area contributed by atoms with Crippen LogP contribution in [-0.2, 0) is 24.1 Å². The maximum Gasteiger partial charge on any atom is 0.230 e. The summed E-state index contributed by atoms with van der Waals surface area (Å²) < 4.78 is 0. The number of anilines is 5. The number of aromatic nitrogens is 3. The Morgan fingerprint density at radius 2 is 1.88 bits per heavy atom. The number of hydrogen-bond acceptors (Lipinski definition) is 7. The first-order chi connectivity index (χ1) is 16.4. The molecule has 0 saturated carbocycles. The van der Waals surface area contributed by atoms with E-state index in [4.69, 9.17) is 0 Å². The number of carbonyl (C=O) groups is 1. The average Bonchev–Trinajstić information content (AvgIpc) is 3.12. The molecule has 0 atom stereocenters. The summed E-state index contributed by atoms with van der Waals surface area (Å²) in [7, 11) is 0. The first-order valence-corrected chi connectivity index (χ1v) is 12.1. The van der Waals surface area contributed by atoms with E-state index in [9.17, 15) is 4.79 Å². The molecule has 4 aromatic rings. The Bertz CT molecular complexity index is 1380. The van der Waals surface area contributed by atoms with Crippen LogP contribution in [0, 0.1) is 20.8 Å². The van der Waals surface area contributed by atoms with Crippen molar-refractivity contribution < 1.29 is 4.79 Å². The first-order valence-electron chi connectivity index (χ1n) is 11.3.